The number of aliphatic carboxylic acids is 1. The van der Waals surface area contributed by atoms with E-state index in [9.17, 15) is 29.1 Å². The molecular formula is C17H29N5O6S. The van der Waals surface area contributed by atoms with Crippen LogP contribution in [0.15, 0.2) is 0 Å². The van der Waals surface area contributed by atoms with Crippen LogP contribution in [-0.2, 0) is 24.0 Å². The summed E-state index contributed by atoms with van der Waals surface area (Å²) in [5.74, 6) is -2.74. The molecule has 0 aromatic carbocycles. The second-order valence-corrected chi connectivity index (χ2v) is 7.74. The average molecular weight is 432 g/mol. The van der Waals surface area contributed by atoms with E-state index in [0.29, 0.717) is 25.8 Å². The number of likely N-dealkylation sites (tertiary alicyclic amines) is 1. The molecule has 3 atom stereocenters. The van der Waals surface area contributed by atoms with Gasteiger partial charge in [-0.05, 0) is 37.7 Å². The zero-order valence-electron chi connectivity index (χ0n) is 16.4. The summed E-state index contributed by atoms with van der Waals surface area (Å²) in [5, 5.41) is 14.0. The molecule has 1 saturated heterocycles. The molecule has 1 rings (SSSR count). The molecule has 0 saturated carbocycles. The van der Waals surface area contributed by atoms with Gasteiger partial charge in [0.05, 0.1) is 12.6 Å². The molecule has 1 aliphatic heterocycles. The Morgan fingerprint density at radius 2 is 1.93 bits per heavy atom. The number of carboxylic acids is 1. The third kappa shape index (κ3) is 8.28. The minimum absolute atomic E-state index is 0.138. The molecule has 1 aliphatic rings. The van der Waals surface area contributed by atoms with E-state index in [1.807, 2.05) is 6.26 Å². The van der Waals surface area contributed by atoms with Gasteiger partial charge in [-0.25, -0.2) is 4.79 Å². The molecule has 164 valence electrons. The monoisotopic (exact) mass is 431 g/mol. The second kappa shape index (κ2) is 12.3. The summed E-state index contributed by atoms with van der Waals surface area (Å²) in [4.78, 5) is 60.3. The molecule has 29 heavy (non-hydrogen) atoms. The summed E-state index contributed by atoms with van der Waals surface area (Å²) >= 11 is 1.56. The Morgan fingerprint density at radius 3 is 2.52 bits per heavy atom. The average Bonchev–Trinajstić information content (AvgIpc) is 3.16. The lowest BCUT2D eigenvalue weighted by Crippen LogP contribution is -2.53. The zero-order valence-corrected chi connectivity index (χ0v) is 17.2. The van der Waals surface area contributed by atoms with Crippen molar-refractivity contribution in [3.8, 4) is 0 Å². The van der Waals surface area contributed by atoms with Gasteiger partial charge < -0.3 is 32.1 Å². The summed E-state index contributed by atoms with van der Waals surface area (Å²) < 4.78 is 0. The molecule has 1 fully saturated rings. The van der Waals surface area contributed by atoms with Gasteiger partial charge in [0, 0.05) is 13.0 Å². The quantitative estimate of drug-likeness (QED) is 0.235. The normalized spacial score (nSPS) is 18.0. The van der Waals surface area contributed by atoms with E-state index in [1.165, 1.54) is 4.90 Å². The molecule has 0 aromatic rings. The second-order valence-electron chi connectivity index (χ2n) is 6.76. The van der Waals surface area contributed by atoms with Crippen molar-refractivity contribution in [3.05, 3.63) is 0 Å². The fourth-order valence-electron chi connectivity index (χ4n) is 2.92. The van der Waals surface area contributed by atoms with Gasteiger partial charge in [-0.1, -0.05) is 0 Å². The number of carbonyl (C=O) groups excluding carboxylic acids is 4. The third-order valence-electron chi connectivity index (χ3n) is 4.55. The summed E-state index contributed by atoms with van der Waals surface area (Å²) in [6, 6.07) is -2.82. The van der Waals surface area contributed by atoms with Crippen molar-refractivity contribution in [3.63, 3.8) is 0 Å². The van der Waals surface area contributed by atoms with Gasteiger partial charge >= 0.3 is 5.97 Å². The van der Waals surface area contributed by atoms with Crippen molar-refractivity contribution in [1.82, 2.24) is 15.5 Å². The Balaban J connectivity index is 2.60. The Kier molecular flexibility index (Phi) is 10.5. The number of thioether (sulfide) groups is 1. The number of nitrogens with two attached hydrogens (primary N) is 2. The maximum Gasteiger partial charge on any atom is 0.326 e. The van der Waals surface area contributed by atoms with Crippen LogP contribution in [-0.4, -0.2) is 82.8 Å². The molecule has 0 spiro atoms. The molecule has 4 amide bonds. The fraction of sp³-hybridized carbons (Fsp3) is 0.706. The maximum absolute atomic E-state index is 12.5. The Bertz CT molecular complexity index is 631. The Morgan fingerprint density at radius 1 is 1.24 bits per heavy atom. The van der Waals surface area contributed by atoms with E-state index in [1.54, 1.807) is 11.8 Å². The summed E-state index contributed by atoms with van der Waals surface area (Å²) in [6.45, 7) is 0.0317. The molecular weight excluding hydrogens is 402 g/mol. The molecule has 0 aliphatic carbocycles. The topological polar surface area (TPSA) is 185 Å². The summed E-state index contributed by atoms with van der Waals surface area (Å²) in [5.41, 5.74) is 10.8. The number of hydrogen-bond donors (Lipinski definition) is 5. The van der Waals surface area contributed by atoms with Crippen LogP contribution in [0, 0.1) is 0 Å². The van der Waals surface area contributed by atoms with Crippen LogP contribution in [0.25, 0.3) is 0 Å². The van der Waals surface area contributed by atoms with Crippen LogP contribution in [0.4, 0.5) is 0 Å². The molecule has 11 nitrogen and oxygen atoms in total. The molecule has 3 unspecified atom stereocenters. The fourth-order valence-corrected chi connectivity index (χ4v) is 3.41. The lowest BCUT2D eigenvalue weighted by Gasteiger charge is -2.25. The number of carboxylic acid groups (broad SMARTS) is 1. The smallest absolute Gasteiger partial charge is 0.326 e. The van der Waals surface area contributed by atoms with Gasteiger partial charge in [0.2, 0.25) is 23.6 Å². The molecule has 12 heteroatoms. The van der Waals surface area contributed by atoms with Gasteiger partial charge in [0.25, 0.3) is 0 Å². The summed E-state index contributed by atoms with van der Waals surface area (Å²) in [7, 11) is 0. The van der Waals surface area contributed by atoms with E-state index < -0.39 is 47.7 Å². The standard InChI is InChI=1S/C17H29N5O6S/c1-29-8-6-10(18)15(25)20-9-14(24)22-7-2-3-12(22)16(26)21-11(17(27)28)4-5-13(19)23/h10-12H,2-9,18H2,1H3,(H2,19,23)(H,20,25)(H,21,26)(H,27,28). The molecule has 0 bridgehead atoms. The van der Waals surface area contributed by atoms with E-state index in [-0.39, 0.29) is 19.4 Å². The number of carbonyl (C=O) groups is 5. The van der Waals surface area contributed by atoms with Gasteiger partial charge in [-0.2, -0.15) is 11.8 Å². The van der Waals surface area contributed by atoms with E-state index >= 15 is 0 Å². The van der Waals surface area contributed by atoms with Crippen molar-refractivity contribution in [1.29, 1.82) is 0 Å². The van der Waals surface area contributed by atoms with Gasteiger partial charge in [0.1, 0.15) is 12.1 Å². The predicted octanol–water partition coefficient (Wildman–Crippen LogP) is -1.99. The van der Waals surface area contributed by atoms with Crippen molar-refractivity contribution >= 4 is 41.4 Å². The molecule has 7 N–H and O–H groups in total. The number of primary amides is 1. The number of hydrogen-bond acceptors (Lipinski definition) is 7. The maximum atomic E-state index is 12.5. The molecule has 1 heterocycles. The third-order valence-corrected chi connectivity index (χ3v) is 5.20. The number of nitrogens with one attached hydrogen (secondary N) is 2. The SMILES string of the molecule is CSCCC(N)C(=O)NCC(=O)N1CCCC1C(=O)NC(CCC(N)=O)C(=O)O. The Labute approximate surface area is 173 Å². The first-order chi connectivity index (χ1) is 13.7. The van der Waals surface area contributed by atoms with Gasteiger partial charge in [-0.3, -0.25) is 19.2 Å². The number of rotatable bonds is 12. The highest BCUT2D eigenvalue weighted by molar-refractivity contribution is 7.98. The minimum Gasteiger partial charge on any atom is -0.480 e. The van der Waals surface area contributed by atoms with Crippen LogP contribution in [0.1, 0.15) is 32.1 Å². The van der Waals surface area contributed by atoms with E-state index in [0.717, 1.165) is 5.75 Å². The number of nitrogens with zero attached hydrogens (tertiary/aromatic N) is 1. The Hall–Kier alpha value is -2.34. The van der Waals surface area contributed by atoms with E-state index in [2.05, 4.69) is 10.6 Å². The zero-order chi connectivity index (χ0) is 22.0. The lowest BCUT2D eigenvalue weighted by atomic mass is 10.1. The molecule has 0 aromatic heterocycles. The van der Waals surface area contributed by atoms with E-state index in [4.69, 9.17) is 11.5 Å². The van der Waals surface area contributed by atoms with Gasteiger partial charge in [-0.15, -0.1) is 0 Å². The van der Waals surface area contributed by atoms with Crippen LogP contribution < -0.4 is 22.1 Å². The van der Waals surface area contributed by atoms with Crippen LogP contribution in [0.5, 0.6) is 0 Å². The highest BCUT2D eigenvalue weighted by Gasteiger charge is 2.35. The van der Waals surface area contributed by atoms with Crippen LogP contribution in [0.3, 0.4) is 0 Å². The van der Waals surface area contributed by atoms with Crippen molar-refractivity contribution in [2.45, 2.75) is 50.2 Å². The van der Waals surface area contributed by atoms with Crippen LogP contribution in [0.2, 0.25) is 0 Å². The number of amides is 4. The van der Waals surface area contributed by atoms with Gasteiger partial charge in [0.15, 0.2) is 0 Å². The first-order valence-corrected chi connectivity index (χ1v) is 10.7. The first kappa shape index (κ1) is 24.7. The lowest BCUT2D eigenvalue weighted by molar-refractivity contribution is -0.144. The first-order valence-electron chi connectivity index (χ1n) is 9.30. The summed E-state index contributed by atoms with van der Waals surface area (Å²) in [6.07, 6.45) is 3.01. The predicted molar refractivity (Wildman–Crippen MR) is 107 cm³/mol. The van der Waals surface area contributed by atoms with Crippen LogP contribution >= 0.6 is 11.8 Å². The highest BCUT2D eigenvalue weighted by Crippen LogP contribution is 2.18. The molecule has 0 radical (unpaired) electrons. The van der Waals surface area contributed by atoms with Crippen molar-refractivity contribution < 1.29 is 29.1 Å². The van der Waals surface area contributed by atoms with Crippen molar-refractivity contribution in [2.24, 2.45) is 11.5 Å². The largest absolute Gasteiger partial charge is 0.480 e. The minimum atomic E-state index is -1.29. The highest BCUT2D eigenvalue weighted by atomic mass is 32.2. The van der Waals surface area contributed by atoms with Crippen molar-refractivity contribution in [2.75, 3.05) is 25.1 Å².